The fourth-order valence-electron chi connectivity index (χ4n) is 1.79. The van der Waals surface area contributed by atoms with E-state index in [1.54, 1.807) is 6.07 Å². The van der Waals surface area contributed by atoms with Crippen LogP contribution < -0.4 is 5.32 Å². The van der Waals surface area contributed by atoms with E-state index in [2.05, 4.69) is 0 Å². The van der Waals surface area contributed by atoms with Gasteiger partial charge in [-0.1, -0.05) is 12.1 Å². The van der Waals surface area contributed by atoms with Gasteiger partial charge in [0.25, 0.3) is 5.91 Å². The van der Waals surface area contributed by atoms with Gasteiger partial charge in [0.1, 0.15) is 6.04 Å². The molecule has 0 spiro atoms. The van der Waals surface area contributed by atoms with Crippen LogP contribution in [0.1, 0.15) is 29.3 Å². The summed E-state index contributed by atoms with van der Waals surface area (Å²) < 4.78 is 38.5. The van der Waals surface area contributed by atoms with Gasteiger partial charge >= 0.3 is 12.1 Å². The molecule has 8 heteroatoms. The monoisotopic (exact) mass is 314 g/mol. The quantitative estimate of drug-likeness (QED) is 0.873. The third kappa shape index (κ3) is 4.48. The van der Waals surface area contributed by atoms with E-state index in [0.717, 1.165) is 18.2 Å². The molecule has 1 aromatic carbocycles. The highest BCUT2D eigenvalue weighted by atomic mass is 19.4. The number of alkyl halides is 3. The molecule has 2 atom stereocenters. The molecule has 1 amide bonds. The number of carboxylic acids is 1. The Morgan fingerprint density at radius 1 is 1.36 bits per heavy atom. The normalized spacial score (nSPS) is 13.8. The van der Waals surface area contributed by atoms with E-state index >= 15 is 0 Å². The largest absolute Gasteiger partial charge is 0.480 e. The molecule has 0 bridgehead atoms. The molecule has 22 heavy (non-hydrogen) atoms. The van der Waals surface area contributed by atoms with Crippen molar-refractivity contribution >= 4 is 11.9 Å². The van der Waals surface area contributed by atoms with Crippen molar-refractivity contribution in [3.63, 3.8) is 0 Å². The first-order valence-electron chi connectivity index (χ1n) is 6.26. The van der Waals surface area contributed by atoms with Crippen molar-refractivity contribution < 1.29 is 27.9 Å². The molecule has 1 aromatic rings. The molecule has 5 nitrogen and oxygen atoms in total. The Balaban J connectivity index is 3.02. The summed E-state index contributed by atoms with van der Waals surface area (Å²) in [6, 6.07) is 4.44. The maximum Gasteiger partial charge on any atom is 0.417 e. The number of hydrogen-bond donors (Lipinski definition) is 2. The maximum absolute atomic E-state index is 12.8. The highest BCUT2D eigenvalue weighted by molar-refractivity contribution is 5.98. The number of halogens is 3. The van der Waals surface area contributed by atoms with Crippen LogP contribution in [0.4, 0.5) is 13.2 Å². The van der Waals surface area contributed by atoms with Gasteiger partial charge in [-0.05, 0) is 25.5 Å². The van der Waals surface area contributed by atoms with E-state index < -0.39 is 41.1 Å². The summed E-state index contributed by atoms with van der Waals surface area (Å²) in [6.07, 6.45) is -4.93. The highest BCUT2D eigenvalue weighted by Crippen LogP contribution is 2.31. The third-order valence-electron chi connectivity index (χ3n) is 2.89. The molecule has 0 unspecified atom stereocenters. The molecule has 0 fully saturated rings. The number of hydrogen-bond acceptors (Lipinski definition) is 3. The van der Waals surface area contributed by atoms with Gasteiger partial charge in [0.2, 0.25) is 0 Å². The summed E-state index contributed by atoms with van der Waals surface area (Å²) in [5.41, 5.74) is -1.81. The number of carbonyl (C=O) groups is 2. The Labute approximate surface area is 124 Å². The number of carboxylic acid groups (broad SMARTS) is 1. The Morgan fingerprint density at radius 2 is 1.95 bits per heavy atom. The first kappa shape index (κ1) is 17.5. The smallest absolute Gasteiger partial charge is 0.417 e. The molecule has 0 heterocycles. The minimum Gasteiger partial charge on any atom is -0.480 e. The second-order valence-corrected chi connectivity index (χ2v) is 4.67. The lowest BCUT2D eigenvalue weighted by Crippen LogP contribution is -2.42. The topological polar surface area (TPSA) is 90.2 Å². The molecule has 0 saturated carbocycles. The number of nitrogens with zero attached hydrogens (tertiary/aromatic N) is 1. The summed E-state index contributed by atoms with van der Waals surface area (Å²) in [4.78, 5) is 23.0. The minimum absolute atomic E-state index is 0.203. The molecule has 1 rings (SSSR count). The Kier molecular flexibility index (Phi) is 5.51. The maximum atomic E-state index is 12.8. The average Bonchev–Trinajstić information content (AvgIpc) is 2.45. The minimum atomic E-state index is -4.73. The van der Waals surface area contributed by atoms with Crippen molar-refractivity contribution in [1.29, 1.82) is 5.26 Å². The van der Waals surface area contributed by atoms with Crippen molar-refractivity contribution in [1.82, 2.24) is 5.32 Å². The zero-order valence-electron chi connectivity index (χ0n) is 11.5. The van der Waals surface area contributed by atoms with Crippen LogP contribution in [0.2, 0.25) is 0 Å². The number of amides is 1. The Morgan fingerprint density at radius 3 is 2.45 bits per heavy atom. The number of nitrogens with one attached hydrogen (secondary N) is 1. The van der Waals surface area contributed by atoms with Gasteiger partial charge in [-0.25, -0.2) is 4.79 Å². The number of benzene rings is 1. The zero-order valence-corrected chi connectivity index (χ0v) is 11.5. The van der Waals surface area contributed by atoms with Gasteiger partial charge in [-0.15, -0.1) is 0 Å². The van der Waals surface area contributed by atoms with Gasteiger partial charge < -0.3 is 10.4 Å². The summed E-state index contributed by atoms with van der Waals surface area (Å²) >= 11 is 0. The van der Waals surface area contributed by atoms with E-state index in [1.165, 1.54) is 13.0 Å². The molecule has 0 aliphatic carbocycles. The lowest BCUT2D eigenvalue weighted by atomic mass is 10.0. The van der Waals surface area contributed by atoms with Gasteiger partial charge in [-0.2, -0.15) is 18.4 Å². The van der Waals surface area contributed by atoms with E-state index in [4.69, 9.17) is 10.4 Å². The zero-order chi connectivity index (χ0) is 16.9. The highest BCUT2D eigenvalue weighted by Gasteiger charge is 2.35. The summed E-state index contributed by atoms with van der Waals surface area (Å²) in [5.74, 6) is -3.23. The first-order valence-corrected chi connectivity index (χ1v) is 6.26. The van der Waals surface area contributed by atoms with Crippen molar-refractivity contribution in [3.8, 4) is 6.07 Å². The summed E-state index contributed by atoms with van der Waals surface area (Å²) in [5, 5.41) is 19.7. The fraction of sp³-hybridized carbons (Fsp3) is 0.357. The van der Waals surface area contributed by atoms with Crippen LogP contribution in [-0.2, 0) is 11.0 Å². The van der Waals surface area contributed by atoms with Crippen LogP contribution in [0.25, 0.3) is 0 Å². The van der Waals surface area contributed by atoms with Crippen molar-refractivity contribution in [2.75, 3.05) is 0 Å². The molecule has 0 aromatic heterocycles. The van der Waals surface area contributed by atoms with Gasteiger partial charge in [-0.3, -0.25) is 4.79 Å². The Hall–Kier alpha value is -2.56. The lowest BCUT2D eigenvalue weighted by molar-refractivity contribution is -0.139. The fourth-order valence-corrected chi connectivity index (χ4v) is 1.79. The van der Waals surface area contributed by atoms with E-state index in [1.807, 2.05) is 5.32 Å². The Bertz CT molecular complexity index is 608. The number of nitriles is 1. The van der Waals surface area contributed by atoms with Crippen LogP contribution in [0, 0.1) is 17.2 Å². The SMILES string of the molecule is C[C@H](C#N)C[C@H](NC(=O)c1ccccc1C(F)(F)F)C(=O)O. The molecule has 0 saturated heterocycles. The standard InChI is InChI=1S/C14H13F3N2O3/c1-8(7-18)6-11(13(21)22)19-12(20)9-4-2-3-5-10(9)14(15,16)17/h2-5,8,11H,6H2,1H3,(H,19,20)(H,21,22)/t8-,11-/m0/s1. The third-order valence-corrected chi connectivity index (χ3v) is 2.89. The van der Waals surface area contributed by atoms with Crippen LogP contribution in [0.3, 0.4) is 0 Å². The van der Waals surface area contributed by atoms with E-state index in [-0.39, 0.29) is 6.42 Å². The predicted molar refractivity (Wildman–Crippen MR) is 69.7 cm³/mol. The van der Waals surface area contributed by atoms with E-state index in [0.29, 0.717) is 0 Å². The summed E-state index contributed by atoms with van der Waals surface area (Å²) in [6.45, 7) is 1.45. The molecular weight excluding hydrogens is 301 g/mol. The van der Waals surface area contributed by atoms with Crippen LogP contribution in [-0.4, -0.2) is 23.0 Å². The average molecular weight is 314 g/mol. The van der Waals surface area contributed by atoms with Gasteiger partial charge in [0, 0.05) is 5.92 Å². The summed E-state index contributed by atoms with van der Waals surface area (Å²) in [7, 11) is 0. The first-order chi connectivity index (χ1) is 10.2. The number of aliphatic carboxylic acids is 1. The molecular formula is C14H13F3N2O3. The predicted octanol–water partition coefficient (Wildman–Crippen LogP) is 2.44. The molecule has 118 valence electrons. The second-order valence-electron chi connectivity index (χ2n) is 4.67. The molecule has 0 aliphatic heterocycles. The van der Waals surface area contributed by atoms with E-state index in [9.17, 15) is 22.8 Å². The number of carbonyl (C=O) groups excluding carboxylic acids is 1. The molecule has 0 radical (unpaired) electrons. The van der Waals surface area contributed by atoms with Crippen molar-refractivity contribution in [2.24, 2.45) is 5.92 Å². The second kappa shape index (κ2) is 6.93. The molecule has 2 N–H and O–H groups in total. The van der Waals surface area contributed by atoms with Gasteiger partial charge in [0.05, 0.1) is 17.2 Å². The van der Waals surface area contributed by atoms with Crippen LogP contribution >= 0.6 is 0 Å². The molecule has 0 aliphatic rings. The van der Waals surface area contributed by atoms with Crippen LogP contribution in [0.15, 0.2) is 24.3 Å². The number of rotatable bonds is 5. The van der Waals surface area contributed by atoms with Gasteiger partial charge in [0.15, 0.2) is 0 Å². The lowest BCUT2D eigenvalue weighted by Gasteiger charge is -2.17. The van der Waals surface area contributed by atoms with Crippen molar-refractivity contribution in [3.05, 3.63) is 35.4 Å². The van der Waals surface area contributed by atoms with Crippen LogP contribution in [0.5, 0.6) is 0 Å². The van der Waals surface area contributed by atoms with Crippen molar-refractivity contribution in [2.45, 2.75) is 25.6 Å².